The van der Waals surface area contributed by atoms with E-state index in [1.165, 1.54) is 12.0 Å². The zero-order valence-corrected chi connectivity index (χ0v) is 10.5. The predicted octanol–water partition coefficient (Wildman–Crippen LogP) is 2.68. The van der Waals surface area contributed by atoms with Gasteiger partial charge in [0, 0.05) is 19.6 Å². The third kappa shape index (κ3) is 8.27. The van der Waals surface area contributed by atoms with E-state index in [-0.39, 0.29) is 6.61 Å². The maximum atomic E-state index is 8.62. The summed E-state index contributed by atoms with van der Waals surface area (Å²) in [6.07, 6.45) is 3.40. The van der Waals surface area contributed by atoms with Gasteiger partial charge in [0.25, 0.3) is 0 Å². The SMILES string of the molecule is CC.CC.CC1=CCN(CCO)CC1. The van der Waals surface area contributed by atoms with Gasteiger partial charge in [-0.05, 0) is 13.3 Å². The van der Waals surface area contributed by atoms with E-state index in [0.717, 1.165) is 19.6 Å². The van der Waals surface area contributed by atoms with Gasteiger partial charge in [-0.2, -0.15) is 0 Å². The summed E-state index contributed by atoms with van der Waals surface area (Å²) < 4.78 is 0. The Hall–Kier alpha value is -0.340. The van der Waals surface area contributed by atoms with E-state index in [2.05, 4.69) is 17.9 Å². The standard InChI is InChI=1S/C8H15NO.2C2H6/c1-8-2-4-9(5-3-8)6-7-10;2*1-2/h2,10H,3-7H2,1H3;2*1-2H3. The molecule has 1 aliphatic heterocycles. The molecule has 2 heteroatoms. The molecule has 0 saturated heterocycles. The number of aliphatic hydroxyl groups is 1. The number of β-amino-alcohol motifs (C(OH)–C–C–N with tert-alkyl or cyclic N) is 1. The van der Waals surface area contributed by atoms with Crippen molar-refractivity contribution >= 4 is 0 Å². The third-order valence-corrected chi connectivity index (χ3v) is 1.94. The fourth-order valence-electron chi connectivity index (χ4n) is 1.16. The second-order valence-electron chi connectivity index (χ2n) is 2.82. The lowest BCUT2D eigenvalue weighted by atomic mass is 10.1. The second kappa shape index (κ2) is 12.7. The minimum atomic E-state index is 0.285. The van der Waals surface area contributed by atoms with Gasteiger partial charge >= 0.3 is 0 Å². The Bertz CT molecular complexity index is 132. The van der Waals surface area contributed by atoms with E-state index in [4.69, 9.17) is 5.11 Å². The first kappa shape index (κ1) is 16.1. The average molecular weight is 201 g/mol. The molecule has 0 amide bonds. The molecule has 0 radical (unpaired) electrons. The van der Waals surface area contributed by atoms with Gasteiger partial charge in [0.2, 0.25) is 0 Å². The molecule has 0 aromatic carbocycles. The average Bonchev–Trinajstić information content (AvgIpc) is 2.28. The van der Waals surface area contributed by atoms with E-state index >= 15 is 0 Å². The van der Waals surface area contributed by atoms with Crippen molar-refractivity contribution in [1.82, 2.24) is 4.90 Å². The van der Waals surface area contributed by atoms with Gasteiger partial charge < -0.3 is 5.11 Å². The van der Waals surface area contributed by atoms with Crippen LogP contribution in [0.1, 0.15) is 41.0 Å². The minimum Gasteiger partial charge on any atom is -0.395 e. The molecular formula is C12H27NO. The lowest BCUT2D eigenvalue weighted by molar-refractivity contribution is 0.205. The first-order valence-electron chi connectivity index (χ1n) is 5.82. The van der Waals surface area contributed by atoms with Crippen LogP contribution < -0.4 is 0 Å². The molecule has 0 fully saturated rings. The van der Waals surface area contributed by atoms with Crippen LogP contribution in [0.25, 0.3) is 0 Å². The summed E-state index contributed by atoms with van der Waals surface area (Å²) in [4.78, 5) is 2.26. The molecule has 1 heterocycles. The molecule has 0 aromatic rings. The Labute approximate surface area is 89.6 Å². The van der Waals surface area contributed by atoms with Crippen molar-refractivity contribution < 1.29 is 5.11 Å². The first-order valence-corrected chi connectivity index (χ1v) is 5.82. The Morgan fingerprint density at radius 2 is 1.86 bits per heavy atom. The van der Waals surface area contributed by atoms with Crippen LogP contribution in [0, 0.1) is 0 Å². The zero-order chi connectivity index (χ0) is 11.4. The first-order chi connectivity index (χ1) is 6.83. The van der Waals surface area contributed by atoms with Crippen LogP contribution in [0.15, 0.2) is 11.6 Å². The molecule has 0 bridgehead atoms. The quantitative estimate of drug-likeness (QED) is 0.694. The van der Waals surface area contributed by atoms with Crippen molar-refractivity contribution in [2.45, 2.75) is 41.0 Å². The molecule has 86 valence electrons. The van der Waals surface area contributed by atoms with Crippen molar-refractivity contribution in [2.75, 3.05) is 26.2 Å². The highest BCUT2D eigenvalue weighted by Gasteiger charge is 2.06. The number of hydrogen-bond acceptors (Lipinski definition) is 2. The Morgan fingerprint density at radius 3 is 2.21 bits per heavy atom. The van der Waals surface area contributed by atoms with Crippen LogP contribution in [-0.4, -0.2) is 36.2 Å². The van der Waals surface area contributed by atoms with E-state index in [1.807, 2.05) is 27.7 Å². The molecule has 0 unspecified atom stereocenters. The van der Waals surface area contributed by atoms with Gasteiger partial charge in [0.05, 0.1) is 6.61 Å². The minimum absolute atomic E-state index is 0.285. The van der Waals surface area contributed by atoms with Gasteiger partial charge in [0.1, 0.15) is 0 Å². The van der Waals surface area contributed by atoms with Crippen molar-refractivity contribution in [1.29, 1.82) is 0 Å². The number of nitrogens with zero attached hydrogens (tertiary/aromatic N) is 1. The van der Waals surface area contributed by atoms with Crippen molar-refractivity contribution in [3.8, 4) is 0 Å². The summed E-state index contributed by atoms with van der Waals surface area (Å²) in [5.41, 5.74) is 1.48. The molecule has 1 rings (SSSR count). The van der Waals surface area contributed by atoms with Crippen LogP contribution in [0.4, 0.5) is 0 Å². The monoisotopic (exact) mass is 201 g/mol. The highest BCUT2D eigenvalue weighted by atomic mass is 16.3. The van der Waals surface area contributed by atoms with Gasteiger partial charge in [0.15, 0.2) is 0 Å². The molecule has 0 spiro atoms. The molecular weight excluding hydrogens is 174 g/mol. The van der Waals surface area contributed by atoms with Gasteiger partial charge in [-0.25, -0.2) is 0 Å². The Kier molecular flexibility index (Phi) is 14.6. The molecule has 0 aromatic heterocycles. The molecule has 1 aliphatic rings. The van der Waals surface area contributed by atoms with Crippen molar-refractivity contribution in [3.63, 3.8) is 0 Å². The largest absolute Gasteiger partial charge is 0.395 e. The van der Waals surface area contributed by atoms with Crippen LogP contribution in [0.5, 0.6) is 0 Å². The highest BCUT2D eigenvalue weighted by Crippen LogP contribution is 2.08. The van der Waals surface area contributed by atoms with E-state index in [0.29, 0.717) is 0 Å². The number of aliphatic hydroxyl groups excluding tert-OH is 1. The fraction of sp³-hybridized carbons (Fsp3) is 0.833. The summed E-state index contributed by atoms with van der Waals surface area (Å²) in [6.45, 7) is 13.4. The zero-order valence-electron chi connectivity index (χ0n) is 10.5. The van der Waals surface area contributed by atoms with Crippen molar-refractivity contribution in [3.05, 3.63) is 11.6 Å². The maximum absolute atomic E-state index is 8.62. The number of rotatable bonds is 2. The lowest BCUT2D eigenvalue weighted by Crippen LogP contribution is -2.30. The van der Waals surface area contributed by atoms with Gasteiger partial charge in [-0.15, -0.1) is 0 Å². The molecule has 1 N–H and O–H groups in total. The smallest absolute Gasteiger partial charge is 0.0558 e. The summed E-state index contributed by atoms with van der Waals surface area (Å²) >= 11 is 0. The van der Waals surface area contributed by atoms with Crippen molar-refractivity contribution in [2.24, 2.45) is 0 Å². The normalized spacial score (nSPS) is 15.7. The topological polar surface area (TPSA) is 23.5 Å². The molecule has 0 aliphatic carbocycles. The predicted molar refractivity (Wildman–Crippen MR) is 64.6 cm³/mol. The maximum Gasteiger partial charge on any atom is 0.0558 e. The van der Waals surface area contributed by atoms with Gasteiger partial charge in [-0.1, -0.05) is 39.3 Å². The van der Waals surface area contributed by atoms with Crippen LogP contribution in [0.2, 0.25) is 0 Å². The van der Waals surface area contributed by atoms with E-state index < -0.39 is 0 Å². The van der Waals surface area contributed by atoms with Crippen LogP contribution in [0.3, 0.4) is 0 Å². The summed E-state index contributed by atoms with van der Waals surface area (Å²) in [5, 5.41) is 8.62. The number of hydrogen-bond donors (Lipinski definition) is 1. The van der Waals surface area contributed by atoms with E-state index in [1.54, 1.807) is 0 Å². The molecule has 2 nitrogen and oxygen atoms in total. The summed E-state index contributed by atoms with van der Waals surface area (Å²) in [5.74, 6) is 0. The third-order valence-electron chi connectivity index (χ3n) is 1.94. The summed E-state index contributed by atoms with van der Waals surface area (Å²) in [6, 6.07) is 0. The van der Waals surface area contributed by atoms with Crippen LogP contribution in [-0.2, 0) is 0 Å². The Morgan fingerprint density at radius 1 is 1.29 bits per heavy atom. The fourth-order valence-corrected chi connectivity index (χ4v) is 1.16. The van der Waals surface area contributed by atoms with Gasteiger partial charge in [-0.3, -0.25) is 4.90 Å². The Balaban J connectivity index is 0. The molecule has 0 atom stereocenters. The van der Waals surface area contributed by atoms with E-state index in [9.17, 15) is 0 Å². The lowest BCUT2D eigenvalue weighted by Gasteiger charge is -2.23. The highest BCUT2D eigenvalue weighted by molar-refractivity contribution is 5.03. The molecule has 14 heavy (non-hydrogen) atoms. The van der Waals surface area contributed by atoms with Crippen LogP contribution >= 0.6 is 0 Å². The second-order valence-corrected chi connectivity index (χ2v) is 2.82. The molecule has 0 saturated carbocycles. The summed E-state index contributed by atoms with van der Waals surface area (Å²) in [7, 11) is 0.